The fourth-order valence-corrected chi connectivity index (χ4v) is 2.48. The van der Waals surface area contributed by atoms with Crippen LogP contribution in [0.1, 0.15) is 50.7 Å². The fourth-order valence-electron chi connectivity index (χ4n) is 2.48. The van der Waals surface area contributed by atoms with E-state index in [0.29, 0.717) is 6.04 Å². The average molecular weight is 280 g/mol. The van der Waals surface area contributed by atoms with Gasteiger partial charge in [0.15, 0.2) is 0 Å². The van der Waals surface area contributed by atoms with Gasteiger partial charge in [-0.25, -0.2) is 0 Å². The van der Waals surface area contributed by atoms with Crippen molar-refractivity contribution >= 4 is 5.71 Å². The molecule has 2 aromatic carbocycles. The van der Waals surface area contributed by atoms with Crippen molar-refractivity contribution in [2.45, 2.75) is 45.6 Å². The Morgan fingerprint density at radius 3 is 1.86 bits per heavy atom. The molecule has 0 aliphatic rings. The summed E-state index contributed by atoms with van der Waals surface area (Å²) in [6, 6.07) is 21.4. The lowest BCUT2D eigenvalue weighted by molar-refractivity contribution is 0.594. The second-order valence-electron chi connectivity index (χ2n) is 5.55. The van der Waals surface area contributed by atoms with Crippen molar-refractivity contribution in [3.05, 3.63) is 71.8 Å². The maximum absolute atomic E-state index is 5.01. The van der Waals surface area contributed by atoms with Gasteiger partial charge in [0.05, 0.1) is 5.71 Å². The van der Waals surface area contributed by atoms with Gasteiger partial charge >= 0.3 is 0 Å². The van der Waals surface area contributed by atoms with Crippen molar-refractivity contribution < 1.29 is 0 Å². The molecule has 2 rings (SSSR count). The molecular formula is C20H25N. The van der Waals surface area contributed by atoms with Gasteiger partial charge in [-0.3, -0.25) is 4.99 Å². The molecule has 21 heavy (non-hydrogen) atoms. The van der Waals surface area contributed by atoms with E-state index in [2.05, 4.69) is 74.5 Å². The molecule has 1 nitrogen and oxygen atoms in total. The first-order valence-electron chi connectivity index (χ1n) is 8.00. The van der Waals surface area contributed by atoms with E-state index in [9.17, 15) is 0 Å². The smallest absolute Gasteiger partial charge is 0.0722 e. The van der Waals surface area contributed by atoms with Crippen LogP contribution in [0.2, 0.25) is 0 Å². The molecule has 1 unspecified atom stereocenters. The summed E-state index contributed by atoms with van der Waals surface area (Å²) in [5.74, 6) is 0. The lowest BCUT2D eigenvalue weighted by Gasteiger charge is -2.12. The summed E-state index contributed by atoms with van der Waals surface area (Å²) in [5.41, 5.74) is 3.51. The Morgan fingerprint density at radius 1 is 0.857 bits per heavy atom. The summed E-state index contributed by atoms with van der Waals surface area (Å²) in [6.07, 6.45) is 4.99. The molecule has 0 aromatic heterocycles. The number of hydrogen-bond acceptors (Lipinski definition) is 1. The largest absolute Gasteiger partial charge is 0.281 e. The third-order valence-corrected chi connectivity index (χ3v) is 3.67. The minimum absolute atomic E-state index is 0.368. The van der Waals surface area contributed by atoms with E-state index in [-0.39, 0.29) is 0 Å². The summed E-state index contributed by atoms with van der Waals surface area (Å²) in [7, 11) is 0. The van der Waals surface area contributed by atoms with Crippen LogP contribution in [0, 0.1) is 0 Å². The maximum atomic E-state index is 5.01. The third-order valence-electron chi connectivity index (χ3n) is 3.67. The summed E-state index contributed by atoms with van der Waals surface area (Å²) >= 11 is 0. The van der Waals surface area contributed by atoms with Gasteiger partial charge in [0.1, 0.15) is 0 Å². The highest BCUT2D eigenvalue weighted by atomic mass is 15.5. The van der Waals surface area contributed by atoms with Crippen LogP contribution in [0.5, 0.6) is 0 Å². The van der Waals surface area contributed by atoms with Crippen molar-refractivity contribution in [1.29, 1.82) is 0 Å². The average Bonchev–Trinajstić information content (AvgIpc) is 2.54. The molecule has 0 bridgehead atoms. The zero-order valence-electron chi connectivity index (χ0n) is 13.1. The highest BCUT2D eigenvalue weighted by Gasteiger charge is 2.08. The van der Waals surface area contributed by atoms with Crippen molar-refractivity contribution in [3.63, 3.8) is 0 Å². The molecule has 2 aromatic rings. The minimum atomic E-state index is 0.368. The molecule has 1 heteroatoms. The molecule has 0 fully saturated rings. The highest BCUT2D eigenvalue weighted by Crippen LogP contribution is 2.14. The van der Waals surface area contributed by atoms with Crippen LogP contribution in [0.15, 0.2) is 65.7 Å². The predicted octanol–water partition coefficient (Wildman–Crippen LogP) is 5.49. The molecule has 0 amide bonds. The Balaban J connectivity index is 2.24. The number of hydrogen-bond donors (Lipinski definition) is 0. The van der Waals surface area contributed by atoms with Gasteiger partial charge in [0.2, 0.25) is 0 Å². The van der Waals surface area contributed by atoms with E-state index in [1.54, 1.807) is 0 Å². The number of nitrogens with zero attached hydrogens (tertiary/aromatic N) is 1. The lowest BCUT2D eigenvalue weighted by atomic mass is 10.0. The van der Waals surface area contributed by atoms with Gasteiger partial charge in [-0.05, 0) is 13.3 Å². The zero-order chi connectivity index (χ0) is 14.9. The number of unbranched alkanes of at least 4 members (excludes halogenated alkanes) is 2. The Kier molecular flexibility index (Phi) is 6.21. The zero-order valence-corrected chi connectivity index (χ0v) is 13.1. The van der Waals surface area contributed by atoms with E-state index in [4.69, 9.17) is 4.99 Å². The van der Waals surface area contributed by atoms with Gasteiger partial charge in [-0.2, -0.15) is 0 Å². The van der Waals surface area contributed by atoms with Crippen LogP contribution in [-0.2, 0) is 0 Å². The molecule has 0 saturated carbocycles. The van der Waals surface area contributed by atoms with E-state index < -0.39 is 0 Å². The van der Waals surface area contributed by atoms with E-state index in [1.807, 2.05) is 0 Å². The molecule has 0 radical (unpaired) electrons. The van der Waals surface area contributed by atoms with Gasteiger partial charge in [-0.15, -0.1) is 0 Å². The van der Waals surface area contributed by atoms with Crippen LogP contribution >= 0.6 is 0 Å². The van der Waals surface area contributed by atoms with Gasteiger partial charge in [-0.1, -0.05) is 86.8 Å². The van der Waals surface area contributed by atoms with Crippen molar-refractivity contribution in [2.75, 3.05) is 0 Å². The van der Waals surface area contributed by atoms with E-state index >= 15 is 0 Å². The number of aliphatic imine (C=N–C) groups is 1. The highest BCUT2D eigenvalue weighted by molar-refractivity contribution is 6.12. The first-order valence-corrected chi connectivity index (χ1v) is 8.00. The molecule has 0 heterocycles. The maximum Gasteiger partial charge on any atom is 0.0722 e. The Bertz CT molecular complexity index is 501. The fraction of sp³-hybridized carbons (Fsp3) is 0.350. The van der Waals surface area contributed by atoms with Gasteiger partial charge < -0.3 is 0 Å². The molecule has 1 atom stereocenters. The summed E-state index contributed by atoms with van der Waals surface area (Å²) < 4.78 is 0. The van der Waals surface area contributed by atoms with Crippen LogP contribution in [0.3, 0.4) is 0 Å². The Morgan fingerprint density at radius 2 is 1.38 bits per heavy atom. The monoisotopic (exact) mass is 280 g/mol. The summed E-state index contributed by atoms with van der Waals surface area (Å²) in [4.78, 5) is 5.01. The molecule has 0 aliphatic heterocycles. The molecule has 0 saturated heterocycles. The Hall–Kier alpha value is -1.89. The SMILES string of the molecule is CCCCCC(C)[15N]=C(c1ccccc1)c1ccccc1. The predicted molar refractivity (Wildman–Crippen MR) is 92.1 cm³/mol. The number of benzene rings is 2. The van der Waals surface area contributed by atoms with Gasteiger partial charge in [0, 0.05) is 17.2 Å². The molecular weight excluding hydrogens is 255 g/mol. The second kappa shape index (κ2) is 8.41. The van der Waals surface area contributed by atoms with Crippen LogP contribution in [0.4, 0.5) is 0 Å². The molecule has 0 N–H and O–H groups in total. The summed E-state index contributed by atoms with van der Waals surface area (Å²) in [5, 5.41) is 0. The van der Waals surface area contributed by atoms with Crippen molar-refractivity contribution in [1.82, 2.24) is 0 Å². The van der Waals surface area contributed by atoms with E-state index in [1.165, 1.54) is 30.4 Å². The quantitative estimate of drug-likeness (QED) is 0.361. The molecule has 0 aliphatic carbocycles. The topological polar surface area (TPSA) is 12.4 Å². The van der Waals surface area contributed by atoms with Gasteiger partial charge in [0.25, 0.3) is 0 Å². The molecule has 0 spiro atoms. The van der Waals surface area contributed by atoms with Crippen LogP contribution in [0.25, 0.3) is 0 Å². The van der Waals surface area contributed by atoms with Crippen LogP contribution < -0.4 is 0 Å². The van der Waals surface area contributed by atoms with Crippen molar-refractivity contribution in [2.24, 2.45) is 4.99 Å². The first kappa shape index (κ1) is 15.5. The third kappa shape index (κ3) is 4.86. The normalized spacial score (nSPS) is 11.9. The lowest BCUT2D eigenvalue weighted by Crippen LogP contribution is -2.09. The van der Waals surface area contributed by atoms with E-state index in [0.717, 1.165) is 12.1 Å². The minimum Gasteiger partial charge on any atom is -0.281 e. The standard InChI is InChI=1S/C20H25N/c1-3-4-7-12-17(2)21-20(18-13-8-5-9-14-18)19-15-10-6-11-16-19/h5-6,8-11,13-17H,3-4,7,12H2,1-2H3/i21+1. The molecule has 110 valence electrons. The second-order valence-corrected chi connectivity index (χ2v) is 5.55. The van der Waals surface area contributed by atoms with Crippen molar-refractivity contribution in [3.8, 4) is 0 Å². The van der Waals surface area contributed by atoms with Crippen LogP contribution in [-0.4, -0.2) is 11.8 Å². The summed E-state index contributed by atoms with van der Waals surface area (Å²) in [6.45, 7) is 4.47. The first-order chi connectivity index (χ1) is 10.3. The number of rotatable bonds is 7. The Labute approximate surface area is 128 Å².